The van der Waals surface area contributed by atoms with E-state index in [4.69, 9.17) is 16.0 Å². The van der Waals surface area contributed by atoms with Crippen LogP contribution >= 0.6 is 11.6 Å². The van der Waals surface area contributed by atoms with E-state index in [-0.39, 0.29) is 0 Å². The Morgan fingerprint density at radius 2 is 1.89 bits per heavy atom. The van der Waals surface area contributed by atoms with Crippen molar-refractivity contribution in [2.24, 2.45) is 4.99 Å². The number of aromatic nitrogens is 1. The Labute approximate surface area is 168 Å². The van der Waals surface area contributed by atoms with Crippen molar-refractivity contribution in [3.8, 4) is 6.07 Å². The second kappa shape index (κ2) is 7.38. The number of fused-ring (bicyclic) bond motifs is 1. The third kappa shape index (κ3) is 3.21. The Balaban J connectivity index is 1.76. The van der Waals surface area contributed by atoms with Crippen LogP contribution in [0.4, 0.5) is 5.88 Å². The van der Waals surface area contributed by atoms with Crippen LogP contribution in [0.1, 0.15) is 28.0 Å². The summed E-state index contributed by atoms with van der Waals surface area (Å²) >= 11 is 6.34. The maximum absolute atomic E-state index is 9.38. The molecule has 0 bridgehead atoms. The quantitative estimate of drug-likeness (QED) is 0.393. The fourth-order valence-electron chi connectivity index (χ4n) is 3.28. The van der Waals surface area contributed by atoms with E-state index in [1.807, 2.05) is 56.4 Å². The molecule has 0 radical (unpaired) electrons. The first-order chi connectivity index (χ1) is 13.6. The minimum atomic E-state index is 0.348. The van der Waals surface area contributed by atoms with Crippen LogP contribution in [-0.4, -0.2) is 10.8 Å². The van der Waals surface area contributed by atoms with Crippen molar-refractivity contribution >= 4 is 34.6 Å². The van der Waals surface area contributed by atoms with Crippen LogP contribution in [0.2, 0.25) is 5.02 Å². The topological polar surface area (TPSA) is 54.2 Å². The summed E-state index contributed by atoms with van der Waals surface area (Å²) < 4.78 is 7.80. The fraction of sp³-hybridized carbons (Fsp3) is 0.130. The van der Waals surface area contributed by atoms with Crippen LogP contribution in [0.25, 0.3) is 10.9 Å². The zero-order valence-corrected chi connectivity index (χ0v) is 16.4. The highest BCUT2D eigenvalue weighted by Crippen LogP contribution is 2.29. The average Bonchev–Trinajstić information content (AvgIpc) is 3.19. The van der Waals surface area contributed by atoms with Crippen molar-refractivity contribution in [2.75, 3.05) is 0 Å². The molecule has 2 aromatic heterocycles. The molecule has 0 spiro atoms. The first-order valence-corrected chi connectivity index (χ1v) is 9.31. The van der Waals surface area contributed by atoms with E-state index in [0.717, 1.165) is 32.6 Å². The molecular formula is C23H18ClN3O. The number of rotatable bonds is 4. The molecule has 0 saturated heterocycles. The minimum Gasteiger partial charge on any atom is -0.442 e. The zero-order chi connectivity index (χ0) is 19.7. The molecular weight excluding hydrogens is 370 g/mol. The summed E-state index contributed by atoms with van der Waals surface area (Å²) in [5, 5.41) is 11.2. The molecule has 4 aromatic rings. The van der Waals surface area contributed by atoms with Gasteiger partial charge in [0.05, 0.1) is 0 Å². The first kappa shape index (κ1) is 18.1. The van der Waals surface area contributed by atoms with Gasteiger partial charge in [0.25, 0.3) is 0 Å². The van der Waals surface area contributed by atoms with Gasteiger partial charge in [-0.3, -0.25) is 0 Å². The number of aryl methyl sites for hydroxylation is 1. The highest BCUT2D eigenvalue weighted by atomic mass is 35.5. The van der Waals surface area contributed by atoms with Gasteiger partial charge in [-0.15, -0.1) is 0 Å². The Hall–Kier alpha value is -3.29. The molecule has 28 heavy (non-hydrogen) atoms. The average molecular weight is 388 g/mol. The van der Waals surface area contributed by atoms with E-state index < -0.39 is 0 Å². The minimum absolute atomic E-state index is 0.348. The molecule has 0 saturated carbocycles. The number of furan rings is 1. The van der Waals surface area contributed by atoms with Gasteiger partial charge in [0.1, 0.15) is 17.4 Å². The summed E-state index contributed by atoms with van der Waals surface area (Å²) in [5.74, 6) is 1.06. The Morgan fingerprint density at radius 3 is 2.68 bits per heavy atom. The molecule has 138 valence electrons. The third-order valence-corrected chi connectivity index (χ3v) is 5.29. The Bertz CT molecular complexity index is 1240. The van der Waals surface area contributed by atoms with E-state index in [1.165, 1.54) is 0 Å². The van der Waals surface area contributed by atoms with Gasteiger partial charge in [-0.2, -0.15) is 5.26 Å². The monoisotopic (exact) mass is 387 g/mol. The van der Waals surface area contributed by atoms with Crippen molar-refractivity contribution in [2.45, 2.75) is 20.4 Å². The van der Waals surface area contributed by atoms with Gasteiger partial charge in [0, 0.05) is 46.0 Å². The predicted molar refractivity (Wildman–Crippen MR) is 113 cm³/mol. The van der Waals surface area contributed by atoms with Gasteiger partial charge in [0.15, 0.2) is 0 Å². The molecule has 0 amide bonds. The Morgan fingerprint density at radius 1 is 1.14 bits per heavy atom. The van der Waals surface area contributed by atoms with Crippen LogP contribution in [0, 0.1) is 25.2 Å². The number of para-hydroxylation sites is 1. The van der Waals surface area contributed by atoms with E-state index in [9.17, 15) is 5.26 Å². The van der Waals surface area contributed by atoms with Gasteiger partial charge >= 0.3 is 0 Å². The fourth-order valence-corrected chi connectivity index (χ4v) is 3.47. The summed E-state index contributed by atoms with van der Waals surface area (Å²) in [5.41, 5.74) is 4.41. The third-order valence-electron chi connectivity index (χ3n) is 4.92. The lowest BCUT2D eigenvalue weighted by Gasteiger charge is -2.07. The van der Waals surface area contributed by atoms with Crippen molar-refractivity contribution in [1.82, 2.24) is 4.57 Å². The second-order valence-corrected chi connectivity index (χ2v) is 7.06. The molecule has 0 fully saturated rings. The number of benzene rings is 2. The van der Waals surface area contributed by atoms with E-state index in [1.54, 1.807) is 6.21 Å². The number of hydrogen-bond acceptors (Lipinski definition) is 3. The van der Waals surface area contributed by atoms with Crippen molar-refractivity contribution in [3.63, 3.8) is 0 Å². The number of aliphatic imine (C=N–C) groups is 1. The van der Waals surface area contributed by atoms with Crippen molar-refractivity contribution < 1.29 is 4.42 Å². The zero-order valence-electron chi connectivity index (χ0n) is 15.6. The molecule has 4 rings (SSSR count). The molecule has 0 aliphatic heterocycles. The molecule has 0 aliphatic rings. The summed E-state index contributed by atoms with van der Waals surface area (Å²) in [6, 6.07) is 18.2. The number of nitriles is 1. The molecule has 0 aliphatic carbocycles. The second-order valence-electron chi connectivity index (χ2n) is 6.65. The van der Waals surface area contributed by atoms with E-state index in [2.05, 4.69) is 27.8 Å². The van der Waals surface area contributed by atoms with Gasteiger partial charge < -0.3 is 8.98 Å². The first-order valence-electron chi connectivity index (χ1n) is 8.94. The predicted octanol–water partition coefficient (Wildman–Crippen LogP) is 6.18. The van der Waals surface area contributed by atoms with E-state index >= 15 is 0 Å². The summed E-state index contributed by atoms with van der Waals surface area (Å²) in [6.07, 6.45) is 3.80. The highest BCUT2D eigenvalue weighted by Gasteiger charge is 2.14. The number of hydrogen-bond donors (Lipinski definition) is 0. The van der Waals surface area contributed by atoms with Gasteiger partial charge in [-0.1, -0.05) is 48.0 Å². The number of nitrogens with zero attached hydrogens (tertiary/aromatic N) is 3. The molecule has 5 heteroatoms. The largest absolute Gasteiger partial charge is 0.442 e. The van der Waals surface area contributed by atoms with Crippen LogP contribution in [0.3, 0.4) is 0 Å². The SMILES string of the molecule is Cc1oc(N=Cc2cn(Cc3ccccc3Cl)c3ccccc23)c(C#N)c1C. The van der Waals surface area contributed by atoms with Gasteiger partial charge in [0.2, 0.25) is 5.88 Å². The lowest BCUT2D eigenvalue weighted by molar-refractivity contribution is 0.542. The van der Waals surface area contributed by atoms with Crippen LogP contribution < -0.4 is 0 Å². The van der Waals surface area contributed by atoms with Gasteiger partial charge in [-0.25, -0.2) is 4.99 Å². The van der Waals surface area contributed by atoms with Crippen molar-refractivity contribution in [3.05, 3.63) is 87.8 Å². The van der Waals surface area contributed by atoms with Crippen molar-refractivity contribution in [1.29, 1.82) is 5.26 Å². The van der Waals surface area contributed by atoms with Crippen LogP contribution in [-0.2, 0) is 6.54 Å². The maximum Gasteiger partial charge on any atom is 0.237 e. The molecule has 0 atom stereocenters. The standard InChI is InChI=1S/C23H18ClN3O/c1-15-16(2)28-23(20(15)11-25)26-12-18-14-27(22-10-6-4-8-19(18)22)13-17-7-3-5-9-21(17)24/h3-10,12,14H,13H2,1-2H3. The lowest BCUT2D eigenvalue weighted by atomic mass is 10.2. The lowest BCUT2D eigenvalue weighted by Crippen LogP contribution is -1.98. The highest BCUT2D eigenvalue weighted by molar-refractivity contribution is 6.31. The van der Waals surface area contributed by atoms with E-state index in [0.29, 0.717) is 23.8 Å². The smallest absolute Gasteiger partial charge is 0.237 e. The molecule has 2 aromatic carbocycles. The van der Waals surface area contributed by atoms with Crippen LogP contribution in [0.5, 0.6) is 0 Å². The number of halogens is 1. The molecule has 4 nitrogen and oxygen atoms in total. The maximum atomic E-state index is 9.38. The molecule has 0 unspecified atom stereocenters. The molecule has 2 heterocycles. The Kier molecular flexibility index (Phi) is 4.77. The normalized spacial score (nSPS) is 11.4. The summed E-state index contributed by atoms with van der Waals surface area (Å²) in [4.78, 5) is 4.46. The summed E-state index contributed by atoms with van der Waals surface area (Å²) in [6.45, 7) is 4.37. The summed E-state index contributed by atoms with van der Waals surface area (Å²) in [7, 11) is 0. The molecule has 0 N–H and O–H groups in total. The van der Waals surface area contributed by atoms with Gasteiger partial charge in [-0.05, 0) is 31.5 Å². The van der Waals surface area contributed by atoms with Crippen LogP contribution in [0.15, 0.2) is 64.1 Å².